The van der Waals surface area contributed by atoms with Gasteiger partial charge in [0.15, 0.2) is 6.61 Å². The van der Waals surface area contributed by atoms with Crippen LogP contribution >= 0.6 is 0 Å². The number of hydrogen-bond acceptors (Lipinski definition) is 4. The van der Waals surface area contributed by atoms with Crippen molar-refractivity contribution in [2.75, 3.05) is 26.8 Å². The van der Waals surface area contributed by atoms with Gasteiger partial charge in [0, 0.05) is 19.6 Å². The molecule has 1 amide bonds. The van der Waals surface area contributed by atoms with E-state index in [4.69, 9.17) is 15.2 Å². The molecule has 0 heterocycles. The number of hydrogen-bond donors (Lipinski definition) is 1. The van der Waals surface area contributed by atoms with Gasteiger partial charge < -0.3 is 20.1 Å². The summed E-state index contributed by atoms with van der Waals surface area (Å²) < 4.78 is 10.9. The molecular weight excluding hydrogens is 280 g/mol. The fourth-order valence-corrected chi connectivity index (χ4v) is 1.85. The third-order valence-corrected chi connectivity index (χ3v) is 3.58. The predicted octanol–water partition coefficient (Wildman–Crippen LogP) is 2.30. The molecule has 0 radical (unpaired) electrons. The summed E-state index contributed by atoms with van der Waals surface area (Å²) in [6.45, 7) is 7.40. The second-order valence-electron chi connectivity index (χ2n) is 5.70. The molecule has 0 aliphatic rings. The molecule has 1 aromatic carbocycles. The van der Waals surface area contributed by atoms with E-state index >= 15 is 0 Å². The third kappa shape index (κ3) is 6.35. The van der Waals surface area contributed by atoms with E-state index in [0.717, 1.165) is 12.2 Å². The van der Waals surface area contributed by atoms with Crippen LogP contribution in [-0.2, 0) is 4.79 Å². The van der Waals surface area contributed by atoms with Gasteiger partial charge in [-0.15, -0.1) is 0 Å². The van der Waals surface area contributed by atoms with Crippen LogP contribution in [0.25, 0.3) is 0 Å². The van der Waals surface area contributed by atoms with Crippen molar-refractivity contribution < 1.29 is 14.3 Å². The monoisotopic (exact) mass is 308 g/mol. The van der Waals surface area contributed by atoms with Crippen LogP contribution in [0.4, 0.5) is 0 Å². The number of benzene rings is 1. The molecule has 1 aromatic rings. The van der Waals surface area contributed by atoms with Crippen LogP contribution in [0, 0.1) is 5.92 Å². The summed E-state index contributed by atoms with van der Waals surface area (Å²) in [5, 5.41) is 0. The number of likely N-dealkylation sites (N-methyl/N-ethyl adjacent to an activating group) is 1. The Kier molecular flexibility index (Phi) is 7.74. The Morgan fingerprint density at radius 1 is 1.18 bits per heavy atom. The third-order valence-electron chi connectivity index (χ3n) is 3.58. The number of amides is 1. The average molecular weight is 308 g/mol. The molecule has 0 aliphatic carbocycles. The number of rotatable bonds is 9. The average Bonchev–Trinajstić information content (AvgIpc) is 2.51. The van der Waals surface area contributed by atoms with Gasteiger partial charge in [-0.3, -0.25) is 4.79 Å². The number of nitrogens with zero attached hydrogens (tertiary/aromatic N) is 1. The lowest BCUT2D eigenvalue weighted by Gasteiger charge is -2.21. The van der Waals surface area contributed by atoms with Crippen molar-refractivity contribution in [1.29, 1.82) is 0 Å². The topological polar surface area (TPSA) is 64.8 Å². The van der Waals surface area contributed by atoms with Crippen molar-refractivity contribution in [3.63, 3.8) is 0 Å². The normalized spacial score (nSPS) is 12.1. The quantitative estimate of drug-likeness (QED) is 0.760. The summed E-state index contributed by atoms with van der Waals surface area (Å²) in [6, 6.07) is 7.37. The maximum atomic E-state index is 12.0. The van der Waals surface area contributed by atoms with Crippen LogP contribution in [0.1, 0.15) is 27.2 Å². The lowest BCUT2D eigenvalue weighted by atomic mass is 10.0. The summed E-state index contributed by atoms with van der Waals surface area (Å²) in [5.41, 5.74) is 5.99. The molecule has 0 bridgehead atoms. The molecule has 2 N–H and O–H groups in total. The summed E-state index contributed by atoms with van der Waals surface area (Å²) in [6.07, 6.45) is 0.795. The molecule has 0 spiro atoms. The van der Waals surface area contributed by atoms with Crippen LogP contribution in [0.3, 0.4) is 0 Å². The van der Waals surface area contributed by atoms with E-state index in [0.29, 0.717) is 24.8 Å². The highest BCUT2D eigenvalue weighted by Gasteiger charge is 2.13. The minimum atomic E-state index is -0.0511. The first-order valence-electron chi connectivity index (χ1n) is 7.79. The minimum absolute atomic E-state index is 0.0292. The number of carbonyl (C=O) groups excluding carboxylic acids is 1. The Balaban J connectivity index is 2.35. The molecule has 1 atom stereocenters. The molecule has 0 saturated heterocycles. The van der Waals surface area contributed by atoms with Gasteiger partial charge in [-0.1, -0.05) is 13.8 Å². The second kappa shape index (κ2) is 9.30. The van der Waals surface area contributed by atoms with E-state index in [1.807, 2.05) is 19.1 Å². The number of nitrogens with two attached hydrogens (primary N) is 1. The highest BCUT2D eigenvalue weighted by Crippen LogP contribution is 2.17. The smallest absolute Gasteiger partial charge is 0.260 e. The lowest BCUT2D eigenvalue weighted by Crippen LogP contribution is -2.36. The van der Waals surface area contributed by atoms with E-state index in [-0.39, 0.29) is 18.6 Å². The maximum Gasteiger partial charge on any atom is 0.260 e. The molecule has 124 valence electrons. The SMILES string of the molecule is CCOc1ccc(OCC(=O)N(C)CCC(N)C(C)C)cc1. The largest absolute Gasteiger partial charge is 0.494 e. The van der Waals surface area contributed by atoms with Gasteiger partial charge in [0.1, 0.15) is 11.5 Å². The van der Waals surface area contributed by atoms with Crippen LogP contribution in [0.5, 0.6) is 11.5 Å². The van der Waals surface area contributed by atoms with Crippen molar-refractivity contribution >= 4 is 5.91 Å². The molecule has 5 heteroatoms. The number of ether oxygens (including phenoxy) is 2. The Bertz CT molecular complexity index is 446. The highest BCUT2D eigenvalue weighted by molar-refractivity contribution is 5.77. The zero-order valence-electron chi connectivity index (χ0n) is 14.0. The predicted molar refractivity (Wildman–Crippen MR) is 88.2 cm³/mol. The van der Waals surface area contributed by atoms with E-state index in [1.165, 1.54) is 0 Å². The fraction of sp³-hybridized carbons (Fsp3) is 0.588. The van der Waals surface area contributed by atoms with E-state index < -0.39 is 0 Å². The van der Waals surface area contributed by atoms with Crippen molar-refractivity contribution in [2.24, 2.45) is 11.7 Å². The molecule has 1 rings (SSSR count). The van der Waals surface area contributed by atoms with Gasteiger partial charge in [0.25, 0.3) is 5.91 Å². The molecule has 0 fully saturated rings. The Hall–Kier alpha value is -1.75. The van der Waals surface area contributed by atoms with Gasteiger partial charge >= 0.3 is 0 Å². The van der Waals surface area contributed by atoms with E-state index in [1.54, 1.807) is 24.1 Å². The second-order valence-corrected chi connectivity index (χ2v) is 5.70. The molecule has 1 unspecified atom stereocenters. The molecule has 5 nitrogen and oxygen atoms in total. The maximum absolute atomic E-state index is 12.0. The Labute approximate surface area is 133 Å². The Morgan fingerprint density at radius 3 is 2.23 bits per heavy atom. The minimum Gasteiger partial charge on any atom is -0.494 e. The van der Waals surface area contributed by atoms with Crippen LogP contribution in [0.2, 0.25) is 0 Å². The molecular formula is C17H28N2O3. The first-order valence-corrected chi connectivity index (χ1v) is 7.79. The summed E-state index contributed by atoms with van der Waals surface area (Å²) in [4.78, 5) is 13.7. The molecule has 0 saturated carbocycles. The fourth-order valence-electron chi connectivity index (χ4n) is 1.85. The van der Waals surface area contributed by atoms with Crippen LogP contribution in [0.15, 0.2) is 24.3 Å². The van der Waals surface area contributed by atoms with Gasteiger partial charge in [-0.2, -0.15) is 0 Å². The highest BCUT2D eigenvalue weighted by atomic mass is 16.5. The van der Waals surface area contributed by atoms with Crippen molar-refractivity contribution in [3.05, 3.63) is 24.3 Å². The molecule has 0 aromatic heterocycles. The van der Waals surface area contributed by atoms with Crippen molar-refractivity contribution in [2.45, 2.75) is 33.2 Å². The van der Waals surface area contributed by atoms with Gasteiger partial charge in [-0.05, 0) is 43.5 Å². The number of carbonyl (C=O) groups is 1. The molecule has 22 heavy (non-hydrogen) atoms. The summed E-state index contributed by atoms with van der Waals surface area (Å²) in [5.74, 6) is 1.82. The van der Waals surface area contributed by atoms with Crippen LogP contribution < -0.4 is 15.2 Å². The summed E-state index contributed by atoms with van der Waals surface area (Å²) >= 11 is 0. The summed E-state index contributed by atoms with van der Waals surface area (Å²) in [7, 11) is 1.77. The van der Waals surface area contributed by atoms with Gasteiger partial charge in [-0.25, -0.2) is 0 Å². The Morgan fingerprint density at radius 2 is 1.73 bits per heavy atom. The zero-order chi connectivity index (χ0) is 16.5. The lowest BCUT2D eigenvalue weighted by molar-refractivity contribution is -0.132. The first kappa shape index (κ1) is 18.3. The van der Waals surface area contributed by atoms with E-state index in [2.05, 4.69) is 13.8 Å². The van der Waals surface area contributed by atoms with Crippen molar-refractivity contribution in [1.82, 2.24) is 4.90 Å². The van der Waals surface area contributed by atoms with Crippen LogP contribution in [-0.4, -0.2) is 43.7 Å². The standard InChI is InChI=1S/C17H28N2O3/c1-5-21-14-6-8-15(9-7-14)22-12-17(20)19(4)11-10-16(18)13(2)3/h6-9,13,16H,5,10-12,18H2,1-4H3. The van der Waals surface area contributed by atoms with E-state index in [9.17, 15) is 4.79 Å². The van der Waals surface area contributed by atoms with Crippen molar-refractivity contribution in [3.8, 4) is 11.5 Å². The molecule has 0 aliphatic heterocycles. The zero-order valence-corrected chi connectivity index (χ0v) is 14.0. The first-order chi connectivity index (χ1) is 10.4. The van der Waals surface area contributed by atoms with Gasteiger partial charge in [0.2, 0.25) is 0 Å². The van der Waals surface area contributed by atoms with Gasteiger partial charge in [0.05, 0.1) is 6.61 Å².